The van der Waals surface area contributed by atoms with Crippen LogP contribution in [-0.4, -0.2) is 8.42 Å². The number of hydrogen-bond acceptors (Lipinski definition) is 2. The lowest BCUT2D eigenvalue weighted by Gasteiger charge is -2.10. The molecule has 0 bridgehead atoms. The fourth-order valence-corrected chi connectivity index (χ4v) is 3.74. The van der Waals surface area contributed by atoms with Crippen LogP contribution in [0.2, 0.25) is 10.0 Å². The second-order valence-electron chi connectivity index (χ2n) is 3.80. The van der Waals surface area contributed by atoms with E-state index in [9.17, 15) is 12.8 Å². The van der Waals surface area contributed by atoms with E-state index < -0.39 is 15.8 Å². The maximum Gasteiger partial charge on any atom is 0.263 e. The topological polar surface area (TPSA) is 46.2 Å². The summed E-state index contributed by atoms with van der Waals surface area (Å²) in [5.41, 5.74) is -0.151. The Bertz CT molecular complexity index is 768. The molecular formula is C12H7Cl2FINO2S. The van der Waals surface area contributed by atoms with Crippen LogP contribution >= 0.6 is 45.8 Å². The Labute approximate surface area is 139 Å². The zero-order chi connectivity index (χ0) is 14.9. The van der Waals surface area contributed by atoms with Crippen molar-refractivity contribution < 1.29 is 12.8 Å². The Balaban J connectivity index is 2.43. The zero-order valence-electron chi connectivity index (χ0n) is 9.70. The standard InChI is InChI=1S/C12H7Cl2FINO2S/c13-7-1-3-9(14)12(5-7)20(18,19)17-11-4-2-8(16)6-10(11)15/h1-6,17H. The molecule has 1 N–H and O–H groups in total. The number of rotatable bonds is 3. The van der Waals surface area contributed by atoms with Crippen LogP contribution in [-0.2, 0) is 10.0 Å². The van der Waals surface area contributed by atoms with E-state index in [0.717, 1.165) is 0 Å². The first-order valence-corrected chi connectivity index (χ1v) is 8.54. The van der Waals surface area contributed by atoms with E-state index in [1.807, 2.05) is 22.6 Å². The van der Waals surface area contributed by atoms with Crippen LogP contribution in [0.25, 0.3) is 0 Å². The SMILES string of the molecule is O=S(=O)(Nc1ccc(I)cc1F)c1cc(Cl)ccc1Cl. The van der Waals surface area contributed by atoms with Gasteiger partial charge in [0, 0.05) is 8.59 Å². The highest BCUT2D eigenvalue weighted by Crippen LogP contribution is 2.27. The molecule has 0 amide bonds. The lowest BCUT2D eigenvalue weighted by Crippen LogP contribution is -2.14. The summed E-state index contributed by atoms with van der Waals surface area (Å²) >= 11 is 13.5. The Hall–Kier alpha value is -0.570. The van der Waals surface area contributed by atoms with Gasteiger partial charge in [-0.3, -0.25) is 4.72 Å². The number of sulfonamides is 1. The third-order valence-corrected chi connectivity index (χ3v) is 5.11. The molecule has 0 heterocycles. The summed E-state index contributed by atoms with van der Waals surface area (Å²) in [7, 11) is -4.01. The summed E-state index contributed by atoms with van der Waals surface area (Å²) in [6.45, 7) is 0. The summed E-state index contributed by atoms with van der Waals surface area (Å²) in [6.07, 6.45) is 0. The third-order valence-electron chi connectivity index (χ3n) is 2.36. The molecule has 8 heteroatoms. The molecular weight excluding hydrogens is 439 g/mol. The highest BCUT2D eigenvalue weighted by atomic mass is 127. The summed E-state index contributed by atoms with van der Waals surface area (Å²) in [5, 5.41) is 0.227. The van der Waals surface area contributed by atoms with Gasteiger partial charge < -0.3 is 0 Å². The molecule has 2 aromatic rings. The maximum absolute atomic E-state index is 13.7. The van der Waals surface area contributed by atoms with E-state index in [0.29, 0.717) is 3.57 Å². The molecule has 106 valence electrons. The smallest absolute Gasteiger partial charge is 0.263 e. The second-order valence-corrected chi connectivity index (χ2v) is 7.54. The van der Waals surface area contributed by atoms with Gasteiger partial charge in [0.05, 0.1) is 10.7 Å². The van der Waals surface area contributed by atoms with Crippen LogP contribution in [0.3, 0.4) is 0 Å². The average molecular weight is 446 g/mol. The minimum absolute atomic E-state index is 0.00724. The largest absolute Gasteiger partial charge is 0.277 e. The van der Waals surface area contributed by atoms with E-state index in [-0.39, 0.29) is 20.6 Å². The lowest BCUT2D eigenvalue weighted by atomic mass is 10.3. The van der Waals surface area contributed by atoms with Crippen molar-refractivity contribution in [1.29, 1.82) is 0 Å². The molecule has 0 saturated carbocycles. The zero-order valence-corrected chi connectivity index (χ0v) is 14.2. The van der Waals surface area contributed by atoms with Gasteiger partial charge in [0.2, 0.25) is 0 Å². The molecule has 0 aliphatic heterocycles. The summed E-state index contributed by atoms with van der Waals surface area (Å²) in [4.78, 5) is -0.204. The first-order valence-electron chi connectivity index (χ1n) is 5.22. The van der Waals surface area contributed by atoms with E-state index in [2.05, 4.69) is 4.72 Å². The van der Waals surface area contributed by atoms with Crippen molar-refractivity contribution in [3.05, 3.63) is 55.8 Å². The number of hydrogen-bond donors (Lipinski definition) is 1. The fraction of sp³-hybridized carbons (Fsp3) is 0. The van der Waals surface area contributed by atoms with Crippen molar-refractivity contribution in [2.45, 2.75) is 4.90 Å². The molecule has 3 nitrogen and oxygen atoms in total. The van der Waals surface area contributed by atoms with Crippen LogP contribution < -0.4 is 4.72 Å². The molecule has 2 aromatic carbocycles. The van der Waals surface area contributed by atoms with Crippen LogP contribution in [0.5, 0.6) is 0 Å². The van der Waals surface area contributed by atoms with Crippen LogP contribution in [0, 0.1) is 9.39 Å². The van der Waals surface area contributed by atoms with Gasteiger partial charge in [0.1, 0.15) is 10.7 Å². The molecule has 0 spiro atoms. The molecule has 0 unspecified atom stereocenters. The van der Waals surface area contributed by atoms with E-state index >= 15 is 0 Å². The van der Waals surface area contributed by atoms with E-state index in [1.165, 1.54) is 30.3 Å². The molecule has 2 rings (SSSR count). The van der Waals surface area contributed by atoms with Crippen LogP contribution in [0.4, 0.5) is 10.1 Å². The number of benzene rings is 2. The van der Waals surface area contributed by atoms with Crippen molar-refractivity contribution in [3.63, 3.8) is 0 Å². The molecule has 0 fully saturated rings. The lowest BCUT2D eigenvalue weighted by molar-refractivity contribution is 0.598. The Kier molecular flexibility index (Phi) is 4.78. The van der Waals surface area contributed by atoms with Crippen molar-refractivity contribution in [3.8, 4) is 0 Å². The summed E-state index contributed by atoms with van der Waals surface area (Å²) in [6, 6.07) is 8.18. The predicted octanol–water partition coefficient (Wildman–Crippen LogP) is 4.54. The Morgan fingerprint density at radius 3 is 2.45 bits per heavy atom. The highest BCUT2D eigenvalue weighted by Gasteiger charge is 2.20. The van der Waals surface area contributed by atoms with Gasteiger partial charge in [-0.25, -0.2) is 12.8 Å². The average Bonchev–Trinajstić information content (AvgIpc) is 2.35. The minimum atomic E-state index is -4.01. The molecule has 0 atom stereocenters. The minimum Gasteiger partial charge on any atom is -0.277 e. The first kappa shape index (κ1) is 15.8. The van der Waals surface area contributed by atoms with Gasteiger partial charge in [-0.05, 0) is 59.0 Å². The van der Waals surface area contributed by atoms with Crippen LogP contribution in [0.15, 0.2) is 41.3 Å². The molecule has 0 aromatic heterocycles. The van der Waals surface area contributed by atoms with Gasteiger partial charge in [-0.2, -0.15) is 0 Å². The normalized spacial score (nSPS) is 11.4. The van der Waals surface area contributed by atoms with E-state index in [4.69, 9.17) is 23.2 Å². The number of nitrogens with one attached hydrogen (secondary N) is 1. The molecule has 0 aliphatic rings. The quantitative estimate of drug-likeness (QED) is 0.705. The molecule has 0 aliphatic carbocycles. The van der Waals surface area contributed by atoms with E-state index in [1.54, 1.807) is 6.07 Å². The predicted molar refractivity (Wildman–Crippen MR) is 86.4 cm³/mol. The number of halogens is 4. The van der Waals surface area contributed by atoms with Gasteiger partial charge >= 0.3 is 0 Å². The molecule has 0 saturated heterocycles. The van der Waals surface area contributed by atoms with Crippen molar-refractivity contribution >= 4 is 61.5 Å². The summed E-state index contributed by atoms with van der Waals surface area (Å²) < 4.78 is 40.9. The molecule has 20 heavy (non-hydrogen) atoms. The maximum atomic E-state index is 13.7. The molecule has 0 radical (unpaired) electrons. The second kappa shape index (κ2) is 6.05. The Morgan fingerprint density at radius 2 is 1.80 bits per heavy atom. The van der Waals surface area contributed by atoms with Crippen molar-refractivity contribution in [2.24, 2.45) is 0 Å². The van der Waals surface area contributed by atoms with Crippen molar-refractivity contribution in [2.75, 3.05) is 4.72 Å². The summed E-state index contributed by atoms with van der Waals surface area (Å²) in [5.74, 6) is -0.668. The number of anilines is 1. The first-order chi connectivity index (χ1) is 9.29. The van der Waals surface area contributed by atoms with Gasteiger partial charge in [-0.1, -0.05) is 23.2 Å². The monoisotopic (exact) mass is 445 g/mol. The van der Waals surface area contributed by atoms with Gasteiger partial charge in [-0.15, -0.1) is 0 Å². The van der Waals surface area contributed by atoms with Gasteiger partial charge in [0.25, 0.3) is 10.0 Å². The highest BCUT2D eigenvalue weighted by molar-refractivity contribution is 14.1. The third kappa shape index (κ3) is 3.55. The fourth-order valence-electron chi connectivity index (χ4n) is 1.46. The van der Waals surface area contributed by atoms with Crippen molar-refractivity contribution in [1.82, 2.24) is 0 Å². The Morgan fingerprint density at radius 1 is 1.10 bits per heavy atom. The van der Waals surface area contributed by atoms with Gasteiger partial charge in [0.15, 0.2) is 0 Å². The van der Waals surface area contributed by atoms with Crippen LogP contribution in [0.1, 0.15) is 0 Å².